The lowest BCUT2D eigenvalue weighted by Crippen LogP contribution is -2.33. The van der Waals surface area contributed by atoms with E-state index in [2.05, 4.69) is 30.8 Å². The molecule has 0 rings (SSSR count). The van der Waals surface area contributed by atoms with E-state index in [1.165, 1.54) is 13.5 Å². The Bertz CT molecular complexity index is 148. The molecule has 0 aromatic carbocycles. The van der Waals surface area contributed by atoms with Crippen LogP contribution in [0.15, 0.2) is 0 Å². The summed E-state index contributed by atoms with van der Waals surface area (Å²) in [6.07, 6.45) is 2.29. The van der Waals surface area contributed by atoms with E-state index < -0.39 is 0 Å². The molecule has 0 bridgehead atoms. The van der Waals surface area contributed by atoms with E-state index in [4.69, 9.17) is 0 Å². The summed E-state index contributed by atoms with van der Waals surface area (Å²) in [5.74, 6) is 0.510. The molecule has 3 heteroatoms. The van der Waals surface area contributed by atoms with E-state index in [9.17, 15) is 4.79 Å². The van der Waals surface area contributed by atoms with Gasteiger partial charge in [0.05, 0.1) is 13.7 Å². The van der Waals surface area contributed by atoms with Gasteiger partial charge in [0.1, 0.15) is 0 Å². The molecule has 0 aliphatic heterocycles. The molecule has 0 fully saturated rings. The van der Waals surface area contributed by atoms with Gasteiger partial charge in [-0.15, -0.1) is 0 Å². The summed E-state index contributed by atoms with van der Waals surface area (Å²) >= 11 is 0. The van der Waals surface area contributed by atoms with Gasteiger partial charge < -0.3 is 10.1 Å². The lowest BCUT2D eigenvalue weighted by molar-refractivity contribution is -0.139. The van der Waals surface area contributed by atoms with Crippen LogP contribution in [0.2, 0.25) is 0 Å². The molecule has 0 radical (unpaired) electrons. The van der Waals surface area contributed by atoms with Crippen LogP contribution in [-0.4, -0.2) is 25.7 Å². The molecular weight excluding hydrogens is 166 g/mol. The molecule has 0 heterocycles. The summed E-state index contributed by atoms with van der Waals surface area (Å²) in [6, 6.07) is 0.383. The Morgan fingerprint density at radius 1 is 1.46 bits per heavy atom. The molecule has 0 amide bonds. The highest BCUT2D eigenvalue weighted by Gasteiger charge is 2.08. The fourth-order valence-electron chi connectivity index (χ4n) is 1.18. The normalized spacial score (nSPS) is 15.1. The van der Waals surface area contributed by atoms with Gasteiger partial charge in [0.15, 0.2) is 0 Å². The summed E-state index contributed by atoms with van der Waals surface area (Å²) in [5.41, 5.74) is 0. The average molecular weight is 187 g/mol. The molecule has 1 N–H and O–H groups in total. The quantitative estimate of drug-likeness (QED) is 0.641. The standard InChI is InChI=1S/C10H21NO2/c1-5-8(2)6-9(3)11-7-10(12)13-4/h8-9,11H,5-7H2,1-4H3. The number of rotatable bonds is 6. The van der Waals surface area contributed by atoms with Crippen LogP contribution >= 0.6 is 0 Å². The van der Waals surface area contributed by atoms with Crippen molar-refractivity contribution in [1.82, 2.24) is 5.32 Å². The van der Waals surface area contributed by atoms with Crippen molar-refractivity contribution in [2.75, 3.05) is 13.7 Å². The van der Waals surface area contributed by atoms with Gasteiger partial charge in [-0.2, -0.15) is 0 Å². The van der Waals surface area contributed by atoms with Crippen molar-refractivity contribution in [1.29, 1.82) is 0 Å². The Balaban J connectivity index is 3.50. The molecule has 2 unspecified atom stereocenters. The van der Waals surface area contributed by atoms with Crippen LogP contribution in [0, 0.1) is 5.92 Å². The van der Waals surface area contributed by atoms with Crippen LogP contribution in [0.5, 0.6) is 0 Å². The molecule has 3 nitrogen and oxygen atoms in total. The number of ether oxygens (including phenoxy) is 1. The average Bonchev–Trinajstić information content (AvgIpc) is 2.13. The second-order valence-corrected chi connectivity index (χ2v) is 3.61. The molecule has 78 valence electrons. The van der Waals surface area contributed by atoms with Crippen LogP contribution in [-0.2, 0) is 9.53 Å². The lowest BCUT2D eigenvalue weighted by atomic mass is 10.0. The number of esters is 1. The largest absolute Gasteiger partial charge is 0.468 e. The molecule has 0 aliphatic rings. The predicted molar refractivity (Wildman–Crippen MR) is 53.6 cm³/mol. The van der Waals surface area contributed by atoms with E-state index in [1.807, 2.05) is 0 Å². The fraction of sp³-hybridized carbons (Fsp3) is 0.900. The maximum atomic E-state index is 10.8. The van der Waals surface area contributed by atoms with Gasteiger partial charge >= 0.3 is 5.97 Å². The first-order valence-corrected chi connectivity index (χ1v) is 4.90. The van der Waals surface area contributed by atoms with Crippen LogP contribution in [0.3, 0.4) is 0 Å². The highest BCUT2D eigenvalue weighted by molar-refractivity contribution is 5.71. The van der Waals surface area contributed by atoms with Crippen molar-refractivity contribution < 1.29 is 9.53 Å². The Kier molecular flexibility index (Phi) is 6.59. The van der Waals surface area contributed by atoms with Crippen LogP contribution < -0.4 is 5.32 Å². The number of hydrogen-bond acceptors (Lipinski definition) is 3. The van der Waals surface area contributed by atoms with Crippen molar-refractivity contribution in [2.24, 2.45) is 5.92 Å². The van der Waals surface area contributed by atoms with Crippen molar-refractivity contribution in [3.8, 4) is 0 Å². The molecule has 0 saturated carbocycles. The molecule has 0 saturated heterocycles. The number of carbonyl (C=O) groups is 1. The maximum Gasteiger partial charge on any atom is 0.319 e. The summed E-state index contributed by atoms with van der Waals surface area (Å²) in [4.78, 5) is 10.8. The number of nitrogens with one attached hydrogen (secondary N) is 1. The summed E-state index contributed by atoms with van der Waals surface area (Å²) in [6.45, 7) is 6.80. The number of carbonyl (C=O) groups excluding carboxylic acids is 1. The first-order chi connectivity index (χ1) is 6.10. The van der Waals surface area contributed by atoms with Gasteiger partial charge in [-0.25, -0.2) is 0 Å². The van der Waals surface area contributed by atoms with Gasteiger partial charge in [-0.05, 0) is 19.3 Å². The molecule has 0 aliphatic carbocycles. The highest BCUT2D eigenvalue weighted by Crippen LogP contribution is 2.08. The number of methoxy groups -OCH3 is 1. The van der Waals surface area contributed by atoms with Crippen LogP contribution in [0.1, 0.15) is 33.6 Å². The SMILES string of the molecule is CCC(C)CC(C)NCC(=O)OC. The van der Waals surface area contributed by atoms with Gasteiger partial charge in [0.2, 0.25) is 0 Å². The fourth-order valence-corrected chi connectivity index (χ4v) is 1.18. The Morgan fingerprint density at radius 2 is 2.08 bits per heavy atom. The zero-order valence-corrected chi connectivity index (χ0v) is 9.09. The van der Waals surface area contributed by atoms with Crippen molar-refractivity contribution in [2.45, 2.75) is 39.7 Å². The molecule has 0 aromatic rings. The smallest absolute Gasteiger partial charge is 0.319 e. The third-order valence-corrected chi connectivity index (χ3v) is 2.28. The van der Waals surface area contributed by atoms with E-state index in [-0.39, 0.29) is 5.97 Å². The minimum absolute atomic E-state index is 0.198. The van der Waals surface area contributed by atoms with Crippen LogP contribution in [0.25, 0.3) is 0 Å². The molecule has 2 atom stereocenters. The second kappa shape index (κ2) is 6.89. The molecule has 13 heavy (non-hydrogen) atoms. The van der Waals surface area contributed by atoms with Crippen molar-refractivity contribution >= 4 is 5.97 Å². The molecule has 0 spiro atoms. The summed E-state index contributed by atoms with van der Waals surface area (Å²) in [7, 11) is 1.41. The Labute approximate surface area is 80.8 Å². The molecular formula is C10H21NO2. The van der Waals surface area contributed by atoms with Crippen molar-refractivity contribution in [3.63, 3.8) is 0 Å². The second-order valence-electron chi connectivity index (χ2n) is 3.61. The van der Waals surface area contributed by atoms with Gasteiger partial charge in [0, 0.05) is 6.04 Å². The minimum atomic E-state index is -0.198. The summed E-state index contributed by atoms with van der Waals surface area (Å²) < 4.78 is 4.53. The van der Waals surface area contributed by atoms with Gasteiger partial charge in [-0.3, -0.25) is 4.79 Å². The summed E-state index contributed by atoms with van der Waals surface area (Å²) in [5, 5.41) is 3.12. The monoisotopic (exact) mass is 187 g/mol. The van der Waals surface area contributed by atoms with Gasteiger partial charge in [0.25, 0.3) is 0 Å². The predicted octanol–water partition coefficient (Wildman–Crippen LogP) is 1.57. The third kappa shape index (κ3) is 6.58. The number of hydrogen-bond donors (Lipinski definition) is 1. The Hall–Kier alpha value is -0.570. The molecule has 0 aromatic heterocycles. The first kappa shape index (κ1) is 12.4. The van der Waals surface area contributed by atoms with E-state index in [0.717, 1.165) is 6.42 Å². The van der Waals surface area contributed by atoms with Crippen molar-refractivity contribution in [3.05, 3.63) is 0 Å². The minimum Gasteiger partial charge on any atom is -0.468 e. The Morgan fingerprint density at radius 3 is 2.54 bits per heavy atom. The van der Waals surface area contributed by atoms with E-state index in [0.29, 0.717) is 18.5 Å². The highest BCUT2D eigenvalue weighted by atomic mass is 16.5. The van der Waals surface area contributed by atoms with E-state index in [1.54, 1.807) is 0 Å². The first-order valence-electron chi connectivity index (χ1n) is 4.90. The van der Waals surface area contributed by atoms with Crippen LogP contribution in [0.4, 0.5) is 0 Å². The van der Waals surface area contributed by atoms with Gasteiger partial charge in [-0.1, -0.05) is 20.3 Å². The zero-order chi connectivity index (χ0) is 10.3. The topological polar surface area (TPSA) is 38.3 Å². The zero-order valence-electron chi connectivity index (χ0n) is 9.09. The maximum absolute atomic E-state index is 10.8. The van der Waals surface area contributed by atoms with E-state index >= 15 is 0 Å². The third-order valence-electron chi connectivity index (χ3n) is 2.28. The lowest BCUT2D eigenvalue weighted by Gasteiger charge is -2.16.